The molecule has 0 aliphatic heterocycles. The van der Waals surface area contributed by atoms with Gasteiger partial charge in [0.15, 0.2) is 0 Å². The van der Waals surface area contributed by atoms with E-state index in [0.29, 0.717) is 18.6 Å². The van der Waals surface area contributed by atoms with E-state index in [2.05, 4.69) is 0 Å². The second-order valence-electron chi connectivity index (χ2n) is 4.16. The molecule has 0 fully saturated rings. The standard InChI is InChI=1S/C15H21NO3/c1-4-16(5-2)14(17)11-12-7-9-13(10-8-12)15(18)19-6-3/h7-10H,4-6,11H2,1-3H3. The third-order valence-electron chi connectivity index (χ3n) is 2.94. The van der Waals surface area contributed by atoms with Crippen LogP contribution in [0.25, 0.3) is 0 Å². The van der Waals surface area contributed by atoms with E-state index in [4.69, 9.17) is 4.74 Å². The molecule has 104 valence electrons. The number of hydrogen-bond donors (Lipinski definition) is 0. The molecule has 1 amide bonds. The number of likely N-dealkylation sites (N-methyl/N-ethyl adjacent to an activating group) is 1. The van der Waals surface area contributed by atoms with Gasteiger partial charge in [0.25, 0.3) is 0 Å². The Kier molecular flexibility index (Phi) is 6.06. The predicted octanol–water partition coefficient (Wildman–Crippen LogP) is 2.27. The molecular weight excluding hydrogens is 242 g/mol. The van der Waals surface area contributed by atoms with E-state index in [1.165, 1.54) is 0 Å². The maximum absolute atomic E-state index is 11.9. The summed E-state index contributed by atoms with van der Waals surface area (Å²) < 4.78 is 4.91. The average Bonchev–Trinajstić information content (AvgIpc) is 2.41. The quantitative estimate of drug-likeness (QED) is 0.740. The fraction of sp³-hybridized carbons (Fsp3) is 0.467. The summed E-state index contributed by atoms with van der Waals surface area (Å²) in [6.45, 7) is 7.50. The average molecular weight is 263 g/mol. The van der Waals surface area contributed by atoms with Crippen molar-refractivity contribution in [1.29, 1.82) is 0 Å². The van der Waals surface area contributed by atoms with Crippen molar-refractivity contribution in [2.45, 2.75) is 27.2 Å². The molecule has 0 saturated heterocycles. The lowest BCUT2D eigenvalue weighted by atomic mass is 10.1. The van der Waals surface area contributed by atoms with Crippen LogP contribution < -0.4 is 0 Å². The van der Waals surface area contributed by atoms with Crippen molar-refractivity contribution in [2.75, 3.05) is 19.7 Å². The van der Waals surface area contributed by atoms with Gasteiger partial charge < -0.3 is 9.64 Å². The molecule has 1 rings (SSSR count). The van der Waals surface area contributed by atoms with Gasteiger partial charge >= 0.3 is 5.97 Å². The molecule has 0 aliphatic rings. The minimum atomic E-state index is -0.330. The minimum Gasteiger partial charge on any atom is -0.462 e. The van der Waals surface area contributed by atoms with Gasteiger partial charge in [0.1, 0.15) is 0 Å². The molecule has 0 atom stereocenters. The first kappa shape index (κ1) is 15.2. The van der Waals surface area contributed by atoms with Crippen molar-refractivity contribution in [2.24, 2.45) is 0 Å². The Bertz CT molecular complexity index is 422. The molecule has 0 heterocycles. The first-order valence-electron chi connectivity index (χ1n) is 6.66. The van der Waals surface area contributed by atoms with E-state index in [0.717, 1.165) is 18.7 Å². The summed E-state index contributed by atoms with van der Waals surface area (Å²) in [6.07, 6.45) is 0.366. The summed E-state index contributed by atoms with van der Waals surface area (Å²) in [4.78, 5) is 25.2. The largest absolute Gasteiger partial charge is 0.462 e. The molecule has 0 N–H and O–H groups in total. The molecule has 1 aromatic rings. The molecule has 0 aliphatic carbocycles. The molecule has 0 radical (unpaired) electrons. The summed E-state index contributed by atoms with van der Waals surface area (Å²) in [6, 6.07) is 6.99. The zero-order chi connectivity index (χ0) is 14.3. The maximum atomic E-state index is 11.9. The predicted molar refractivity (Wildman–Crippen MR) is 74.0 cm³/mol. The Balaban J connectivity index is 2.66. The molecule has 0 bridgehead atoms. The molecular formula is C15H21NO3. The second kappa shape index (κ2) is 7.56. The SMILES string of the molecule is CCOC(=O)c1ccc(CC(=O)N(CC)CC)cc1. The molecule has 4 heteroatoms. The number of nitrogens with zero attached hydrogens (tertiary/aromatic N) is 1. The smallest absolute Gasteiger partial charge is 0.338 e. The van der Waals surface area contributed by atoms with E-state index in [-0.39, 0.29) is 11.9 Å². The first-order chi connectivity index (χ1) is 9.12. The topological polar surface area (TPSA) is 46.6 Å². The highest BCUT2D eigenvalue weighted by Gasteiger charge is 2.11. The number of carbonyl (C=O) groups is 2. The lowest BCUT2D eigenvalue weighted by Crippen LogP contribution is -2.31. The molecule has 0 saturated carbocycles. The monoisotopic (exact) mass is 263 g/mol. The van der Waals surface area contributed by atoms with Gasteiger partial charge in [0, 0.05) is 13.1 Å². The van der Waals surface area contributed by atoms with Crippen LogP contribution in [0.1, 0.15) is 36.7 Å². The summed E-state index contributed by atoms with van der Waals surface area (Å²) >= 11 is 0. The Hall–Kier alpha value is -1.84. The van der Waals surface area contributed by atoms with Gasteiger partial charge in [-0.1, -0.05) is 12.1 Å². The number of carbonyl (C=O) groups excluding carboxylic acids is 2. The van der Waals surface area contributed by atoms with Gasteiger partial charge in [-0.2, -0.15) is 0 Å². The second-order valence-corrected chi connectivity index (χ2v) is 4.16. The summed E-state index contributed by atoms with van der Waals surface area (Å²) in [5.74, 6) is -0.224. The fourth-order valence-electron chi connectivity index (χ4n) is 1.84. The summed E-state index contributed by atoms with van der Waals surface area (Å²) in [5, 5.41) is 0. The van der Waals surface area contributed by atoms with Crippen LogP contribution in [0, 0.1) is 0 Å². The normalized spacial score (nSPS) is 10.1. The van der Waals surface area contributed by atoms with Crippen molar-refractivity contribution < 1.29 is 14.3 Å². The van der Waals surface area contributed by atoms with Gasteiger partial charge in [0.05, 0.1) is 18.6 Å². The molecule has 0 spiro atoms. The zero-order valence-corrected chi connectivity index (χ0v) is 11.8. The Morgan fingerprint density at radius 1 is 1.05 bits per heavy atom. The lowest BCUT2D eigenvalue weighted by molar-refractivity contribution is -0.130. The zero-order valence-electron chi connectivity index (χ0n) is 11.8. The van der Waals surface area contributed by atoms with Crippen LogP contribution in [0.5, 0.6) is 0 Å². The summed E-state index contributed by atoms with van der Waals surface area (Å²) in [5.41, 5.74) is 1.42. The highest BCUT2D eigenvalue weighted by molar-refractivity contribution is 5.89. The van der Waals surface area contributed by atoms with Crippen molar-refractivity contribution in [3.05, 3.63) is 35.4 Å². The molecule has 19 heavy (non-hydrogen) atoms. The van der Waals surface area contributed by atoms with Crippen molar-refractivity contribution in [3.63, 3.8) is 0 Å². The first-order valence-corrected chi connectivity index (χ1v) is 6.66. The van der Waals surface area contributed by atoms with Crippen LogP contribution in [0.4, 0.5) is 0 Å². The number of rotatable bonds is 6. The van der Waals surface area contributed by atoms with E-state index in [1.54, 1.807) is 36.1 Å². The Labute approximate surface area is 114 Å². The Morgan fingerprint density at radius 2 is 1.63 bits per heavy atom. The van der Waals surface area contributed by atoms with Crippen LogP contribution in [0.3, 0.4) is 0 Å². The fourth-order valence-corrected chi connectivity index (χ4v) is 1.84. The van der Waals surface area contributed by atoms with Gasteiger partial charge in [-0.15, -0.1) is 0 Å². The number of ether oxygens (including phenoxy) is 1. The molecule has 1 aromatic carbocycles. The van der Waals surface area contributed by atoms with E-state index in [9.17, 15) is 9.59 Å². The van der Waals surface area contributed by atoms with Crippen LogP contribution in [0.15, 0.2) is 24.3 Å². The van der Waals surface area contributed by atoms with Crippen LogP contribution in [-0.4, -0.2) is 36.5 Å². The third kappa shape index (κ3) is 4.39. The molecule has 4 nitrogen and oxygen atoms in total. The maximum Gasteiger partial charge on any atom is 0.338 e. The van der Waals surface area contributed by atoms with Crippen molar-refractivity contribution in [3.8, 4) is 0 Å². The molecule has 0 unspecified atom stereocenters. The third-order valence-corrected chi connectivity index (χ3v) is 2.94. The van der Waals surface area contributed by atoms with Crippen molar-refractivity contribution in [1.82, 2.24) is 4.90 Å². The van der Waals surface area contributed by atoms with Gasteiger partial charge in [0.2, 0.25) is 5.91 Å². The van der Waals surface area contributed by atoms with Gasteiger partial charge in [-0.25, -0.2) is 4.79 Å². The highest BCUT2D eigenvalue weighted by Crippen LogP contribution is 2.08. The Morgan fingerprint density at radius 3 is 2.11 bits per heavy atom. The highest BCUT2D eigenvalue weighted by atomic mass is 16.5. The number of benzene rings is 1. The number of esters is 1. The van der Waals surface area contributed by atoms with Crippen LogP contribution in [0.2, 0.25) is 0 Å². The molecule has 0 aromatic heterocycles. The van der Waals surface area contributed by atoms with Crippen LogP contribution in [-0.2, 0) is 16.0 Å². The van der Waals surface area contributed by atoms with Gasteiger partial charge in [-0.05, 0) is 38.5 Å². The minimum absolute atomic E-state index is 0.105. The summed E-state index contributed by atoms with van der Waals surface area (Å²) in [7, 11) is 0. The van der Waals surface area contributed by atoms with E-state index < -0.39 is 0 Å². The number of hydrogen-bond acceptors (Lipinski definition) is 3. The number of amides is 1. The van der Waals surface area contributed by atoms with E-state index >= 15 is 0 Å². The lowest BCUT2D eigenvalue weighted by Gasteiger charge is -2.18. The van der Waals surface area contributed by atoms with Gasteiger partial charge in [-0.3, -0.25) is 4.79 Å². The van der Waals surface area contributed by atoms with E-state index in [1.807, 2.05) is 13.8 Å². The van der Waals surface area contributed by atoms with Crippen molar-refractivity contribution >= 4 is 11.9 Å². The van der Waals surface area contributed by atoms with Crippen LogP contribution >= 0.6 is 0 Å².